The van der Waals surface area contributed by atoms with Crippen LogP contribution in [0.2, 0.25) is 5.02 Å². The van der Waals surface area contributed by atoms with Crippen molar-refractivity contribution in [2.24, 2.45) is 0 Å². The van der Waals surface area contributed by atoms with E-state index >= 15 is 0 Å². The average Bonchev–Trinajstić information content (AvgIpc) is 2.45. The van der Waals surface area contributed by atoms with E-state index in [9.17, 15) is 4.79 Å². The predicted octanol–water partition coefficient (Wildman–Crippen LogP) is 3.58. The zero-order chi connectivity index (χ0) is 14.5. The quantitative estimate of drug-likeness (QED) is 0.880. The number of amides is 1. The van der Waals surface area contributed by atoms with E-state index < -0.39 is 0 Å². The number of anilines is 2. The van der Waals surface area contributed by atoms with Crippen molar-refractivity contribution < 1.29 is 4.79 Å². The summed E-state index contributed by atoms with van der Waals surface area (Å²) in [7, 11) is 0. The molecule has 0 atom stereocenters. The third kappa shape index (κ3) is 3.46. The highest BCUT2D eigenvalue weighted by Crippen LogP contribution is 2.30. The molecule has 0 bridgehead atoms. The maximum atomic E-state index is 12.0. The summed E-state index contributed by atoms with van der Waals surface area (Å²) in [5.41, 5.74) is 0.818. The van der Waals surface area contributed by atoms with Gasteiger partial charge >= 0.3 is 0 Å². The largest absolute Gasteiger partial charge is 0.369 e. The summed E-state index contributed by atoms with van der Waals surface area (Å²) < 4.78 is 0.632. The van der Waals surface area contributed by atoms with E-state index in [1.165, 1.54) is 0 Å². The van der Waals surface area contributed by atoms with E-state index in [-0.39, 0.29) is 11.6 Å². The Hall–Kier alpha value is -1.66. The van der Waals surface area contributed by atoms with E-state index in [1.54, 1.807) is 30.3 Å². The van der Waals surface area contributed by atoms with Gasteiger partial charge in [-0.1, -0.05) is 17.7 Å². The summed E-state index contributed by atoms with van der Waals surface area (Å²) in [6, 6.07) is 8.54. The minimum Gasteiger partial charge on any atom is -0.369 e. The maximum Gasteiger partial charge on any atom is 0.276 e. The van der Waals surface area contributed by atoms with Crippen LogP contribution in [0.3, 0.4) is 0 Å². The molecule has 0 aliphatic rings. The summed E-state index contributed by atoms with van der Waals surface area (Å²) in [5, 5.41) is 14.0. The van der Waals surface area contributed by atoms with Crippen LogP contribution in [0.15, 0.2) is 34.8 Å². The number of hydrogen-bond acceptors (Lipinski definition) is 4. The smallest absolute Gasteiger partial charge is 0.276 e. The number of carbonyl (C=O) groups is 1. The average molecular weight is 356 g/mol. The van der Waals surface area contributed by atoms with Gasteiger partial charge in [-0.3, -0.25) is 4.79 Å². The Kier molecular flexibility index (Phi) is 4.92. The second-order valence-corrected chi connectivity index (χ2v) is 5.09. The first-order valence-corrected chi connectivity index (χ1v) is 7.12. The Labute approximate surface area is 129 Å². The van der Waals surface area contributed by atoms with Crippen LogP contribution in [0.4, 0.5) is 11.5 Å². The summed E-state index contributed by atoms with van der Waals surface area (Å²) in [6.45, 7) is 2.70. The first-order chi connectivity index (χ1) is 9.61. The molecule has 0 aliphatic heterocycles. The normalized spacial score (nSPS) is 10.2. The Morgan fingerprint density at radius 1 is 1.30 bits per heavy atom. The molecule has 0 radical (unpaired) electrons. The molecule has 2 aromatic rings. The van der Waals surface area contributed by atoms with Crippen LogP contribution in [-0.4, -0.2) is 22.6 Å². The Bertz CT molecular complexity index is 618. The number of nitrogens with one attached hydrogen (secondary N) is 2. The molecule has 2 rings (SSSR count). The lowest BCUT2D eigenvalue weighted by Crippen LogP contribution is -2.15. The molecule has 0 fully saturated rings. The third-order valence-corrected chi connectivity index (χ3v) is 3.85. The van der Waals surface area contributed by atoms with Gasteiger partial charge in [0, 0.05) is 6.54 Å². The molecule has 0 saturated carbocycles. The van der Waals surface area contributed by atoms with Gasteiger partial charge < -0.3 is 10.6 Å². The van der Waals surface area contributed by atoms with Gasteiger partial charge in [0.1, 0.15) is 5.82 Å². The molecule has 2 N–H and O–H groups in total. The molecule has 0 aliphatic carbocycles. The number of hydrogen-bond donors (Lipinski definition) is 2. The van der Waals surface area contributed by atoms with Gasteiger partial charge in [-0.2, -0.15) is 0 Å². The van der Waals surface area contributed by atoms with E-state index in [0.29, 0.717) is 21.0 Å². The fourth-order valence-electron chi connectivity index (χ4n) is 1.52. The lowest BCUT2D eigenvalue weighted by molar-refractivity contribution is 0.102. The van der Waals surface area contributed by atoms with Gasteiger partial charge in [0.25, 0.3) is 5.91 Å². The van der Waals surface area contributed by atoms with Gasteiger partial charge in [-0.25, -0.2) is 0 Å². The molecule has 0 spiro atoms. The van der Waals surface area contributed by atoms with Gasteiger partial charge in [-0.15, -0.1) is 10.2 Å². The highest BCUT2D eigenvalue weighted by molar-refractivity contribution is 9.10. The van der Waals surface area contributed by atoms with Crippen molar-refractivity contribution >= 4 is 44.9 Å². The van der Waals surface area contributed by atoms with Crippen LogP contribution >= 0.6 is 27.5 Å². The van der Waals surface area contributed by atoms with Gasteiger partial charge in [0.05, 0.1) is 15.2 Å². The fourth-order valence-corrected chi connectivity index (χ4v) is 2.05. The Morgan fingerprint density at radius 3 is 2.75 bits per heavy atom. The van der Waals surface area contributed by atoms with Crippen LogP contribution in [0.25, 0.3) is 0 Å². The zero-order valence-corrected chi connectivity index (χ0v) is 13.0. The molecule has 1 aromatic carbocycles. The molecule has 104 valence electrons. The maximum absolute atomic E-state index is 12.0. The number of rotatable bonds is 4. The van der Waals surface area contributed by atoms with Crippen molar-refractivity contribution in [2.45, 2.75) is 6.92 Å². The highest BCUT2D eigenvalue weighted by atomic mass is 79.9. The van der Waals surface area contributed by atoms with E-state index in [0.717, 1.165) is 6.54 Å². The molecule has 0 saturated heterocycles. The summed E-state index contributed by atoms with van der Waals surface area (Å²) in [4.78, 5) is 12.0. The standard InChI is InChI=1S/C13H12BrClN4O/c1-2-16-11-7-6-10(18-19-11)13(20)17-9-5-3-4-8(15)12(9)14/h3-7H,2H2,1H3,(H,16,19)(H,17,20). The fraction of sp³-hybridized carbons (Fsp3) is 0.154. The topological polar surface area (TPSA) is 66.9 Å². The lowest BCUT2D eigenvalue weighted by atomic mass is 10.3. The Morgan fingerprint density at radius 2 is 2.10 bits per heavy atom. The number of carbonyl (C=O) groups excluding carboxylic acids is 1. The predicted molar refractivity (Wildman–Crippen MR) is 83.3 cm³/mol. The lowest BCUT2D eigenvalue weighted by Gasteiger charge is -2.08. The highest BCUT2D eigenvalue weighted by Gasteiger charge is 2.11. The first-order valence-electron chi connectivity index (χ1n) is 5.94. The van der Waals surface area contributed by atoms with Crippen molar-refractivity contribution in [3.05, 3.63) is 45.5 Å². The summed E-state index contributed by atoms with van der Waals surface area (Å²) >= 11 is 9.29. The number of benzene rings is 1. The zero-order valence-electron chi connectivity index (χ0n) is 10.7. The van der Waals surface area contributed by atoms with Crippen LogP contribution in [0.5, 0.6) is 0 Å². The number of aromatic nitrogens is 2. The molecular formula is C13H12BrClN4O. The Balaban J connectivity index is 2.13. The monoisotopic (exact) mass is 354 g/mol. The molecular weight excluding hydrogens is 344 g/mol. The van der Waals surface area contributed by atoms with E-state index in [1.807, 2.05) is 6.92 Å². The molecule has 7 heteroatoms. The van der Waals surface area contributed by atoms with Crippen LogP contribution in [-0.2, 0) is 0 Å². The summed E-state index contributed by atoms with van der Waals surface area (Å²) in [5.74, 6) is 0.288. The van der Waals surface area contributed by atoms with Crippen molar-refractivity contribution in [2.75, 3.05) is 17.2 Å². The molecule has 1 aromatic heterocycles. The molecule has 0 unspecified atom stereocenters. The number of nitrogens with zero attached hydrogens (tertiary/aromatic N) is 2. The third-order valence-electron chi connectivity index (χ3n) is 2.45. The van der Waals surface area contributed by atoms with Crippen molar-refractivity contribution in [3.63, 3.8) is 0 Å². The van der Waals surface area contributed by atoms with Gasteiger partial charge in [0.15, 0.2) is 5.69 Å². The second kappa shape index (κ2) is 6.67. The van der Waals surface area contributed by atoms with Crippen LogP contribution < -0.4 is 10.6 Å². The van der Waals surface area contributed by atoms with Crippen LogP contribution in [0, 0.1) is 0 Å². The van der Waals surface area contributed by atoms with Crippen molar-refractivity contribution in [3.8, 4) is 0 Å². The number of halogens is 2. The minimum atomic E-state index is -0.344. The molecule has 20 heavy (non-hydrogen) atoms. The van der Waals surface area contributed by atoms with Gasteiger partial charge in [-0.05, 0) is 47.1 Å². The first kappa shape index (κ1) is 14.7. The molecule has 5 nitrogen and oxygen atoms in total. The van der Waals surface area contributed by atoms with E-state index in [2.05, 4.69) is 36.8 Å². The van der Waals surface area contributed by atoms with Crippen molar-refractivity contribution in [1.29, 1.82) is 0 Å². The SMILES string of the molecule is CCNc1ccc(C(=O)Nc2cccc(Cl)c2Br)nn1. The van der Waals surface area contributed by atoms with Gasteiger partial charge in [0.2, 0.25) is 0 Å². The van der Waals surface area contributed by atoms with E-state index in [4.69, 9.17) is 11.6 Å². The molecule has 1 heterocycles. The second-order valence-electron chi connectivity index (χ2n) is 3.89. The summed E-state index contributed by atoms with van der Waals surface area (Å²) in [6.07, 6.45) is 0. The van der Waals surface area contributed by atoms with Crippen LogP contribution in [0.1, 0.15) is 17.4 Å². The molecule has 1 amide bonds. The van der Waals surface area contributed by atoms with Crippen molar-refractivity contribution in [1.82, 2.24) is 10.2 Å². The minimum absolute atomic E-state index is 0.235.